The van der Waals surface area contributed by atoms with E-state index in [1.807, 2.05) is 0 Å². The molecule has 0 radical (unpaired) electrons. The maximum absolute atomic E-state index is 5.80. The second-order valence-electron chi connectivity index (χ2n) is 3.22. The summed E-state index contributed by atoms with van der Waals surface area (Å²) in [5.74, 6) is 0. The highest BCUT2D eigenvalue weighted by Gasteiger charge is 2.31. The van der Waals surface area contributed by atoms with E-state index < -0.39 is 0 Å². The Hall–Kier alpha value is -0.120. The van der Waals surface area contributed by atoms with Gasteiger partial charge in [0.1, 0.15) is 0 Å². The smallest absolute Gasteiger partial charge is 0.0623 e. The van der Waals surface area contributed by atoms with Gasteiger partial charge in [-0.25, -0.2) is 0 Å². The van der Waals surface area contributed by atoms with Crippen LogP contribution in [0, 0.1) is 0 Å². The summed E-state index contributed by atoms with van der Waals surface area (Å²) in [6, 6.07) is 1.02. The van der Waals surface area contributed by atoms with Crippen molar-refractivity contribution in [3.8, 4) is 0 Å². The fourth-order valence-electron chi connectivity index (χ4n) is 1.87. The first-order valence-electron chi connectivity index (χ1n) is 3.93. The van der Waals surface area contributed by atoms with E-state index >= 15 is 0 Å². The largest absolute Gasteiger partial charge is 0.378 e. The standard InChI is InChI=1S/C7H14N2O/c8-6-3-7-5-10-2-1-9(7)4-6/h6-7H,1-5,8H2/t6-,7-/m1/s1. The number of nitrogens with two attached hydrogens (primary N) is 1. The summed E-state index contributed by atoms with van der Waals surface area (Å²) < 4.78 is 5.33. The number of morpholine rings is 1. The Labute approximate surface area is 61.1 Å². The number of ether oxygens (including phenoxy) is 1. The molecular weight excluding hydrogens is 128 g/mol. The van der Waals surface area contributed by atoms with Crippen LogP contribution in [0.2, 0.25) is 0 Å². The topological polar surface area (TPSA) is 38.5 Å². The lowest BCUT2D eigenvalue weighted by Gasteiger charge is -2.28. The Bertz CT molecular complexity index is 115. The molecule has 2 N–H and O–H groups in total. The third-order valence-corrected chi connectivity index (χ3v) is 2.39. The summed E-state index contributed by atoms with van der Waals surface area (Å²) in [4.78, 5) is 2.44. The Balaban J connectivity index is 1.97. The normalized spacial score (nSPS) is 41.7. The van der Waals surface area contributed by atoms with Gasteiger partial charge in [-0.3, -0.25) is 4.90 Å². The Morgan fingerprint density at radius 3 is 3.20 bits per heavy atom. The number of nitrogens with zero attached hydrogens (tertiary/aromatic N) is 1. The van der Waals surface area contributed by atoms with E-state index in [1.165, 1.54) is 0 Å². The molecule has 2 aliphatic rings. The molecule has 0 amide bonds. The highest BCUT2D eigenvalue weighted by atomic mass is 16.5. The van der Waals surface area contributed by atoms with Gasteiger partial charge in [-0.15, -0.1) is 0 Å². The SMILES string of the molecule is N[C@@H]1C[C@@H]2COCCN2C1. The van der Waals surface area contributed by atoms with Crippen LogP contribution >= 0.6 is 0 Å². The molecule has 0 aliphatic carbocycles. The van der Waals surface area contributed by atoms with E-state index in [-0.39, 0.29) is 0 Å². The van der Waals surface area contributed by atoms with Gasteiger partial charge in [-0.2, -0.15) is 0 Å². The van der Waals surface area contributed by atoms with E-state index in [2.05, 4.69) is 4.90 Å². The number of hydrogen-bond donors (Lipinski definition) is 1. The molecule has 0 saturated carbocycles. The summed E-state index contributed by atoms with van der Waals surface area (Å²) in [5.41, 5.74) is 5.80. The average Bonchev–Trinajstić information content (AvgIpc) is 2.27. The number of hydrogen-bond acceptors (Lipinski definition) is 3. The van der Waals surface area contributed by atoms with Crippen LogP contribution in [0.15, 0.2) is 0 Å². The molecule has 0 aromatic carbocycles. The van der Waals surface area contributed by atoms with Crippen molar-refractivity contribution in [2.75, 3.05) is 26.3 Å². The fraction of sp³-hybridized carbons (Fsp3) is 1.00. The van der Waals surface area contributed by atoms with Crippen molar-refractivity contribution in [3.05, 3.63) is 0 Å². The van der Waals surface area contributed by atoms with Crippen LogP contribution in [-0.4, -0.2) is 43.3 Å². The highest BCUT2D eigenvalue weighted by molar-refractivity contribution is 4.88. The lowest BCUT2D eigenvalue weighted by molar-refractivity contribution is 0.0128. The second kappa shape index (κ2) is 2.49. The minimum Gasteiger partial charge on any atom is -0.378 e. The third kappa shape index (κ3) is 1.05. The third-order valence-electron chi connectivity index (χ3n) is 2.39. The van der Waals surface area contributed by atoms with Gasteiger partial charge < -0.3 is 10.5 Å². The van der Waals surface area contributed by atoms with Gasteiger partial charge in [-0.1, -0.05) is 0 Å². The molecule has 58 valence electrons. The van der Waals surface area contributed by atoms with Crippen LogP contribution in [-0.2, 0) is 4.74 Å². The summed E-state index contributed by atoms with van der Waals surface area (Å²) in [6.45, 7) is 3.95. The van der Waals surface area contributed by atoms with Crippen LogP contribution in [0.3, 0.4) is 0 Å². The summed E-state index contributed by atoms with van der Waals surface area (Å²) >= 11 is 0. The van der Waals surface area contributed by atoms with Gasteiger partial charge in [-0.05, 0) is 6.42 Å². The average molecular weight is 142 g/mol. The van der Waals surface area contributed by atoms with Gasteiger partial charge in [0.2, 0.25) is 0 Å². The number of fused-ring (bicyclic) bond motifs is 1. The molecule has 2 aliphatic heterocycles. The molecule has 0 aromatic rings. The molecule has 0 bridgehead atoms. The van der Waals surface area contributed by atoms with E-state index in [0.717, 1.165) is 32.7 Å². The van der Waals surface area contributed by atoms with Crippen molar-refractivity contribution >= 4 is 0 Å². The predicted octanol–water partition coefficient (Wildman–Crippen LogP) is -0.582. The highest BCUT2D eigenvalue weighted by Crippen LogP contribution is 2.18. The van der Waals surface area contributed by atoms with Crippen LogP contribution in [0.25, 0.3) is 0 Å². The van der Waals surface area contributed by atoms with Gasteiger partial charge in [0, 0.05) is 25.2 Å². The molecule has 3 nitrogen and oxygen atoms in total. The molecular formula is C7H14N2O. The zero-order valence-electron chi connectivity index (χ0n) is 6.12. The van der Waals surface area contributed by atoms with Crippen LogP contribution in [0.4, 0.5) is 0 Å². The summed E-state index contributed by atoms with van der Waals surface area (Å²) in [6.07, 6.45) is 1.12. The molecule has 2 rings (SSSR count). The van der Waals surface area contributed by atoms with Crippen molar-refractivity contribution in [2.24, 2.45) is 5.73 Å². The Kier molecular flexibility index (Phi) is 1.64. The van der Waals surface area contributed by atoms with Gasteiger partial charge in [0.05, 0.1) is 13.2 Å². The molecule has 2 heterocycles. The van der Waals surface area contributed by atoms with Crippen LogP contribution in [0.5, 0.6) is 0 Å². The predicted molar refractivity (Wildman–Crippen MR) is 38.8 cm³/mol. The van der Waals surface area contributed by atoms with Gasteiger partial charge >= 0.3 is 0 Å². The van der Waals surface area contributed by atoms with Crippen LogP contribution in [0.1, 0.15) is 6.42 Å². The first-order chi connectivity index (χ1) is 4.86. The van der Waals surface area contributed by atoms with E-state index in [4.69, 9.17) is 10.5 Å². The Morgan fingerprint density at radius 2 is 2.40 bits per heavy atom. The van der Waals surface area contributed by atoms with Crippen molar-refractivity contribution in [1.29, 1.82) is 0 Å². The molecule has 3 heteroatoms. The van der Waals surface area contributed by atoms with Crippen molar-refractivity contribution in [2.45, 2.75) is 18.5 Å². The minimum absolute atomic E-state index is 0.395. The maximum Gasteiger partial charge on any atom is 0.0623 e. The van der Waals surface area contributed by atoms with E-state index in [0.29, 0.717) is 12.1 Å². The summed E-state index contributed by atoms with van der Waals surface area (Å²) in [7, 11) is 0. The first-order valence-corrected chi connectivity index (χ1v) is 3.93. The van der Waals surface area contributed by atoms with Crippen molar-refractivity contribution in [1.82, 2.24) is 4.90 Å². The van der Waals surface area contributed by atoms with Crippen molar-refractivity contribution < 1.29 is 4.74 Å². The lowest BCUT2D eigenvalue weighted by atomic mass is 10.2. The zero-order chi connectivity index (χ0) is 6.97. The van der Waals surface area contributed by atoms with Crippen molar-refractivity contribution in [3.63, 3.8) is 0 Å². The molecule has 0 spiro atoms. The van der Waals surface area contributed by atoms with E-state index in [9.17, 15) is 0 Å². The monoisotopic (exact) mass is 142 g/mol. The molecule has 2 fully saturated rings. The zero-order valence-corrected chi connectivity index (χ0v) is 6.12. The second-order valence-corrected chi connectivity index (χ2v) is 3.22. The first kappa shape index (κ1) is 6.58. The molecule has 2 atom stereocenters. The van der Waals surface area contributed by atoms with E-state index in [1.54, 1.807) is 0 Å². The minimum atomic E-state index is 0.395. The lowest BCUT2D eigenvalue weighted by Crippen LogP contribution is -2.40. The molecule has 2 saturated heterocycles. The van der Waals surface area contributed by atoms with Gasteiger partial charge in [0.15, 0.2) is 0 Å². The maximum atomic E-state index is 5.80. The quantitative estimate of drug-likeness (QED) is 0.491. The molecule has 10 heavy (non-hydrogen) atoms. The number of rotatable bonds is 0. The molecule has 0 unspecified atom stereocenters. The fourth-order valence-corrected chi connectivity index (χ4v) is 1.87. The van der Waals surface area contributed by atoms with Crippen LogP contribution < -0.4 is 5.73 Å². The summed E-state index contributed by atoms with van der Waals surface area (Å²) in [5, 5.41) is 0. The Morgan fingerprint density at radius 1 is 1.50 bits per heavy atom. The van der Waals surface area contributed by atoms with Gasteiger partial charge in [0.25, 0.3) is 0 Å². The molecule has 0 aromatic heterocycles.